The monoisotopic (exact) mass is 274 g/mol. The van der Waals surface area contributed by atoms with Crippen molar-refractivity contribution in [2.75, 3.05) is 33.4 Å². The molecule has 7 heteroatoms. The summed E-state index contributed by atoms with van der Waals surface area (Å²) in [6, 6.07) is 4.57. The molecule has 0 saturated heterocycles. The van der Waals surface area contributed by atoms with Crippen molar-refractivity contribution >= 4 is 28.6 Å². The van der Waals surface area contributed by atoms with Gasteiger partial charge in [0.15, 0.2) is 5.84 Å². The van der Waals surface area contributed by atoms with Crippen LogP contribution in [0.2, 0.25) is 0 Å². The second-order valence-corrected chi connectivity index (χ2v) is 4.86. The number of aliphatic imine (C=N–C) groups is 1. The van der Waals surface area contributed by atoms with E-state index >= 15 is 0 Å². The van der Waals surface area contributed by atoms with Gasteiger partial charge >= 0.3 is 0 Å². The summed E-state index contributed by atoms with van der Waals surface area (Å²) in [6.07, 6.45) is 0. The van der Waals surface area contributed by atoms with Gasteiger partial charge in [0, 0.05) is 19.7 Å². The number of nitrogens with one attached hydrogen (secondary N) is 1. The standard InChI is InChI=1S/C13H18N6O/c1-18(2)7-11-12(13(15)19(3)17-11)16-10-5-4-8(20)6-9(10)14/h4-6,15,20H,7,14H2,1-3H3. The third-order valence-corrected chi connectivity index (χ3v) is 2.80. The maximum absolute atomic E-state index is 9.35. The Morgan fingerprint density at radius 2 is 2.15 bits per heavy atom. The molecular weight excluding hydrogens is 256 g/mol. The smallest absolute Gasteiger partial charge is 0.169 e. The average Bonchev–Trinajstić information content (AvgIpc) is 2.59. The normalized spacial score (nSPS) is 17.2. The second kappa shape index (κ2) is 5.30. The van der Waals surface area contributed by atoms with E-state index in [1.165, 1.54) is 17.1 Å². The minimum Gasteiger partial charge on any atom is -0.508 e. The number of phenols is 1. The first-order valence-corrected chi connectivity index (χ1v) is 6.11. The average molecular weight is 274 g/mol. The summed E-state index contributed by atoms with van der Waals surface area (Å²) in [7, 11) is 5.56. The number of nitrogens with zero attached hydrogens (tertiary/aromatic N) is 4. The van der Waals surface area contributed by atoms with Crippen LogP contribution in [0.15, 0.2) is 28.3 Å². The molecule has 4 N–H and O–H groups in total. The Morgan fingerprint density at radius 3 is 2.75 bits per heavy atom. The van der Waals surface area contributed by atoms with Crippen molar-refractivity contribution in [2.24, 2.45) is 10.1 Å². The SMILES string of the molecule is CN(C)CC1=NN(C)C(=N)C1=Nc1ccc(O)cc1N. The Bertz CT molecular complexity index is 605. The fraction of sp³-hybridized carbons (Fsp3) is 0.308. The maximum Gasteiger partial charge on any atom is 0.169 e. The van der Waals surface area contributed by atoms with Crippen LogP contribution >= 0.6 is 0 Å². The van der Waals surface area contributed by atoms with E-state index in [9.17, 15) is 5.11 Å². The molecule has 1 aromatic carbocycles. The number of hydrogen-bond acceptors (Lipinski definition) is 6. The van der Waals surface area contributed by atoms with Crippen molar-refractivity contribution < 1.29 is 5.11 Å². The number of nitrogen functional groups attached to an aromatic ring is 1. The lowest BCUT2D eigenvalue weighted by atomic mass is 10.2. The van der Waals surface area contributed by atoms with Crippen LogP contribution in [0.4, 0.5) is 11.4 Å². The van der Waals surface area contributed by atoms with Crippen LogP contribution in [0.25, 0.3) is 0 Å². The minimum absolute atomic E-state index is 0.0900. The topological polar surface area (TPSA) is 101 Å². The Hall–Kier alpha value is -2.41. The number of anilines is 1. The number of hydrazone groups is 1. The highest BCUT2D eigenvalue weighted by Gasteiger charge is 2.26. The van der Waals surface area contributed by atoms with Crippen LogP contribution in [0.3, 0.4) is 0 Å². The minimum atomic E-state index is 0.0900. The zero-order valence-electron chi connectivity index (χ0n) is 11.8. The van der Waals surface area contributed by atoms with E-state index < -0.39 is 0 Å². The van der Waals surface area contributed by atoms with E-state index in [2.05, 4.69) is 10.1 Å². The van der Waals surface area contributed by atoms with Crippen LogP contribution in [0.5, 0.6) is 5.75 Å². The van der Waals surface area contributed by atoms with Gasteiger partial charge in [-0.15, -0.1) is 0 Å². The molecule has 1 aliphatic rings. The van der Waals surface area contributed by atoms with Crippen molar-refractivity contribution in [1.82, 2.24) is 9.91 Å². The predicted molar refractivity (Wildman–Crippen MR) is 81.1 cm³/mol. The molecule has 0 amide bonds. The van der Waals surface area contributed by atoms with Gasteiger partial charge in [-0.3, -0.25) is 5.41 Å². The first-order chi connectivity index (χ1) is 9.38. The largest absolute Gasteiger partial charge is 0.508 e. The summed E-state index contributed by atoms with van der Waals surface area (Å²) in [5.74, 6) is 0.321. The molecular formula is C13H18N6O. The fourth-order valence-corrected chi connectivity index (χ4v) is 1.86. The van der Waals surface area contributed by atoms with Gasteiger partial charge in [0.05, 0.1) is 11.4 Å². The number of phenolic OH excluding ortho intramolecular Hbond substituents is 1. The van der Waals surface area contributed by atoms with Gasteiger partial charge < -0.3 is 15.7 Å². The van der Waals surface area contributed by atoms with E-state index in [1.54, 1.807) is 13.1 Å². The molecule has 0 fully saturated rings. The summed E-state index contributed by atoms with van der Waals surface area (Å²) in [6.45, 7) is 0.587. The fourth-order valence-electron chi connectivity index (χ4n) is 1.86. The van der Waals surface area contributed by atoms with E-state index in [1.807, 2.05) is 19.0 Å². The third kappa shape index (κ3) is 2.77. The Morgan fingerprint density at radius 1 is 1.45 bits per heavy atom. The van der Waals surface area contributed by atoms with Crippen molar-refractivity contribution in [3.63, 3.8) is 0 Å². The highest BCUT2D eigenvalue weighted by atomic mass is 16.3. The summed E-state index contributed by atoms with van der Waals surface area (Å²) >= 11 is 0. The number of nitrogens with two attached hydrogens (primary N) is 1. The molecule has 0 spiro atoms. The van der Waals surface area contributed by atoms with Gasteiger partial charge in [-0.2, -0.15) is 5.10 Å². The van der Waals surface area contributed by atoms with Crippen molar-refractivity contribution in [1.29, 1.82) is 5.41 Å². The molecule has 2 rings (SSSR count). The molecule has 0 atom stereocenters. The van der Waals surface area contributed by atoms with Gasteiger partial charge in [-0.1, -0.05) is 0 Å². The number of amidine groups is 1. The zero-order chi connectivity index (χ0) is 14.9. The summed E-state index contributed by atoms with van der Waals surface area (Å²) in [5, 5.41) is 23.2. The van der Waals surface area contributed by atoms with Gasteiger partial charge in [-0.25, -0.2) is 10.0 Å². The third-order valence-electron chi connectivity index (χ3n) is 2.80. The van der Waals surface area contributed by atoms with Gasteiger partial charge in [0.1, 0.15) is 17.2 Å². The molecule has 1 aliphatic heterocycles. The zero-order valence-corrected chi connectivity index (χ0v) is 11.8. The van der Waals surface area contributed by atoms with Crippen molar-refractivity contribution in [3.05, 3.63) is 18.2 Å². The number of rotatable bonds is 3. The lowest BCUT2D eigenvalue weighted by molar-refractivity contribution is 0.466. The van der Waals surface area contributed by atoms with Crippen LogP contribution in [-0.4, -0.2) is 60.0 Å². The van der Waals surface area contributed by atoms with Crippen LogP contribution in [0, 0.1) is 5.41 Å². The molecule has 0 radical (unpaired) electrons. The Labute approximate surface area is 117 Å². The van der Waals surface area contributed by atoms with E-state index in [4.69, 9.17) is 11.1 Å². The molecule has 1 aromatic rings. The van der Waals surface area contributed by atoms with E-state index in [0.717, 1.165) is 5.71 Å². The van der Waals surface area contributed by atoms with Crippen molar-refractivity contribution in [2.45, 2.75) is 0 Å². The molecule has 7 nitrogen and oxygen atoms in total. The molecule has 0 bridgehead atoms. The molecule has 20 heavy (non-hydrogen) atoms. The summed E-state index contributed by atoms with van der Waals surface area (Å²) in [5.41, 5.74) is 7.92. The molecule has 0 unspecified atom stereocenters. The Balaban J connectivity index is 2.40. The Kier molecular flexibility index (Phi) is 3.71. The van der Waals surface area contributed by atoms with Crippen LogP contribution < -0.4 is 5.73 Å². The number of hydrogen-bond donors (Lipinski definition) is 3. The van der Waals surface area contributed by atoms with E-state index in [0.29, 0.717) is 23.6 Å². The molecule has 0 aliphatic carbocycles. The number of aromatic hydroxyl groups is 1. The molecule has 0 saturated carbocycles. The van der Waals surface area contributed by atoms with Gasteiger partial charge in [0.25, 0.3) is 0 Å². The first-order valence-electron chi connectivity index (χ1n) is 6.11. The van der Waals surface area contributed by atoms with E-state index in [-0.39, 0.29) is 11.6 Å². The molecule has 106 valence electrons. The summed E-state index contributed by atoms with van der Waals surface area (Å²) in [4.78, 5) is 6.38. The molecule has 0 aromatic heterocycles. The van der Waals surface area contributed by atoms with Crippen LogP contribution in [-0.2, 0) is 0 Å². The lowest BCUT2D eigenvalue weighted by Crippen LogP contribution is -2.30. The second-order valence-electron chi connectivity index (χ2n) is 4.86. The number of benzene rings is 1. The summed E-state index contributed by atoms with van der Waals surface area (Å²) < 4.78 is 0. The lowest BCUT2D eigenvalue weighted by Gasteiger charge is -2.09. The van der Waals surface area contributed by atoms with Crippen LogP contribution in [0.1, 0.15) is 0 Å². The predicted octanol–water partition coefficient (Wildman–Crippen LogP) is 0.887. The quantitative estimate of drug-likeness (QED) is 0.712. The molecule has 1 heterocycles. The highest BCUT2D eigenvalue weighted by molar-refractivity contribution is 6.70. The van der Waals surface area contributed by atoms with Crippen molar-refractivity contribution in [3.8, 4) is 5.75 Å². The van der Waals surface area contributed by atoms with Gasteiger partial charge in [-0.05, 0) is 26.2 Å². The highest BCUT2D eigenvalue weighted by Crippen LogP contribution is 2.27. The first kappa shape index (κ1) is 14.0. The van der Waals surface area contributed by atoms with Gasteiger partial charge in [0.2, 0.25) is 0 Å². The maximum atomic E-state index is 9.35.